The van der Waals surface area contributed by atoms with Crippen molar-refractivity contribution in [2.75, 3.05) is 12.4 Å². The highest BCUT2D eigenvalue weighted by Gasteiger charge is 2.04. The molecule has 0 bridgehead atoms. The first-order chi connectivity index (χ1) is 8.17. The molecule has 0 aromatic heterocycles. The van der Waals surface area contributed by atoms with Crippen LogP contribution < -0.4 is 10.1 Å². The average molecular weight is 235 g/mol. The van der Waals surface area contributed by atoms with Gasteiger partial charge in [0, 0.05) is 11.7 Å². The minimum atomic E-state index is 0.536. The van der Waals surface area contributed by atoms with Gasteiger partial charge in [-0.25, -0.2) is 0 Å². The molecule has 0 saturated carbocycles. The molecule has 1 aromatic carbocycles. The Balaban J connectivity index is 2.48. The zero-order valence-corrected chi connectivity index (χ0v) is 11.5. The molecule has 1 rings (SSSR count). The van der Waals surface area contributed by atoms with Gasteiger partial charge in [0.15, 0.2) is 0 Å². The lowest BCUT2D eigenvalue weighted by Crippen LogP contribution is -2.14. The monoisotopic (exact) mass is 235 g/mol. The first-order valence-corrected chi connectivity index (χ1v) is 6.58. The molecule has 1 atom stereocenters. The Kier molecular flexibility index (Phi) is 5.88. The van der Waals surface area contributed by atoms with Crippen LogP contribution in [0.15, 0.2) is 18.2 Å². The van der Waals surface area contributed by atoms with Crippen molar-refractivity contribution in [2.45, 2.75) is 52.5 Å². The number of rotatable bonds is 7. The third-order valence-electron chi connectivity index (χ3n) is 3.05. The van der Waals surface area contributed by atoms with Gasteiger partial charge in [0.05, 0.1) is 7.11 Å². The average Bonchev–Trinajstić information content (AvgIpc) is 2.29. The number of benzene rings is 1. The van der Waals surface area contributed by atoms with Crippen LogP contribution in [0.25, 0.3) is 0 Å². The van der Waals surface area contributed by atoms with Crippen LogP contribution in [0.3, 0.4) is 0 Å². The van der Waals surface area contributed by atoms with E-state index in [2.05, 4.69) is 38.2 Å². The van der Waals surface area contributed by atoms with E-state index < -0.39 is 0 Å². The maximum absolute atomic E-state index is 5.26. The number of anilines is 1. The topological polar surface area (TPSA) is 21.3 Å². The lowest BCUT2D eigenvalue weighted by molar-refractivity contribution is 0.412. The normalized spacial score (nSPS) is 12.2. The summed E-state index contributed by atoms with van der Waals surface area (Å²) in [7, 11) is 1.71. The van der Waals surface area contributed by atoms with E-state index in [0.717, 1.165) is 5.75 Å². The summed E-state index contributed by atoms with van der Waals surface area (Å²) >= 11 is 0. The van der Waals surface area contributed by atoms with Crippen molar-refractivity contribution in [2.24, 2.45) is 0 Å². The molecular formula is C15H25NO. The van der Waals surface area contributed by atoms with Gasteiger partial charge in [0.25, 0.3) is 0 Å². The zero-order chi connectivity index (χ0) is 12.7. The molecule has 1 aromatic rings. The van der Waals surface area contributed by atoms with Gasteiger partial charge in [-0.2, -0.15) is 0 Å². The van der Waals surface area contributed by atoms with Crippen molar-refractivity contribution >= 4 is 5.69 Å². The number of aryl methyl sites for hydroxylation is 1. The molecule has 0 saturated heterocycles. The van der Waals surface area contributed by atoms with Gasteiger partial charge in [0.1, 0.15) is 5.75 Å². The van der Waals surface area contributed by atoms with Crippen LogP contribution in [0.5, 0.6) is 5.75 Å². The molecular weight excluding hydrogens is 210 g/mol. The van der Waals surface area contributed by atoms with E-state index in [1.807, 2.05) is 6.07 Å². The smallest absolute Gasteiger partial charge is 0.121 e. The quantitative estimate of drug-likeness (QED) is 0.708. The molecule has 0 aliphatic rings. The summed E-state index contributed by atoms with van der Waals surface area (Å²) in [6.07, 6.45) is 5.15. The van der Waals surface area contributed by atoms with Gasteiger partial charge >= 0.3 is 0 Å². The van der Waals surface area contributed by atoms with Crippen LogP contribution >= 0.6 is 0 Å². The van der Waals surface area contributed by atoms with Gasteiger partial charge in [-0.15, -0.1) is 0 Å². The minimum absolute atomic E-state index is 0.536. The molecule has 1 unspecified atom stereocenters. The van der Waals surface area contributed by atoms with Gasteiger partial charge < -0.3 is 10.1 Å². The Hall–Kier alpha value is -1.18. The first-order valence-electron chi connectivity index (χ1n) is 6.58. The second-order valence-electron chi connectivity index (χ2n) is 4.73. The second-order valence-corrected chi connectivity index (χ2v) is 4.73. The zero-order valence-electron chi connectivity index (χ0n) is 11.5. The van der Waals surface area contributed by atoms with Crippen molar-refractivity contribution < 1.29 is 4.74 Å². The van der Waals surface area contributed by atoms with E-state index >= 15 is 0 Å². The van der Waals surface area contributed by atoms with Crippen LogP contribution in [0.4, 0.5) is 5.69 Å². The molecule has 0 spiro atoms. The Morgan fingerprint density at radius 3 is 2.65 bits per heavy atom. The predicted octanol–water partition coefficient (Wildman–Crippen LogP) is 4.38. The molecule has 2 heteroatoms. The minimum Gasteiger partial charge on any atom is -0.496 e. The van der Waals surface area contributed by atoms with Crippen molar-refractivity contribution in [1.29, 1.82) is 0 Å². The Bertz CT molecular complexity index is 336. The third kappa shape index (κ3) is 4.68. The lowest BCUT2D eigenvalue weighted by atomic mass is 10.1. The summed E-state index contributed by atoms with van der Waals surface area (Å²) < 4.78 is 5.26. The fourth-order valence-electron chi connectivity index (χ4n) is 2.03. The van der Waals surface area contributed by atoms with Crippen molar-refractivity contribution in [3.8, 4) is 5.75 Å². The van der Waals surface area contributed by atoms with E-state index in [1.165, 1.54) is 36.9 Å². The first kappa shape index (κ1) is 13.9. The summed E-state index contributed by atoms with van der Waals surface area (Å²) in [6.45, 7) is 6.56. The molecule has 1 N–H and O–H groups in total. The Labute approximate surface area is 105 Å². The highest BCUT2D eigenvalue weighted by atomic mass is 16.5. The third-order valence-corrected chi connectivity index (χ3v) is 3.05. The molecule has 0 heterocycles. The van der Waals surface area contributed by atoms with Crippen LogP contribution in [0.1, 0.15) is 45.1 Å². The van der Waals surface area contributed by atoms with E-state index in [0.29, 0.717) is 6.04 Å². The number of hydrogen-bond donors (Lipinski definition) is 1. The highest BCUT2D eigenvalue weighted by Crippen LogP contribution is 2.22. The second kappa shape index (κ2) is 7.21. The summed E-state index contributed by atoms with van der Waals surface area (Å²) in [5.41, 5.74) is 2.37. The molecule has 2 nitrogen and oxygen atoms in total. The fourth-order valence-corrected chi connectivity index (χ4v) is 2.03. The Morgan fingerprint density at radius 2 is 2.06 bits per heavy atom. The predicted molar refractivity (Wildman–Crippen MR) is 75.0 cm³/mol. The molecule has 96 valence electrons. The summed E-state index contributed by atoms with van der Waals surface area (Å²) in [6, 6.07) is 6.79. The van der Waals surface area contributed by atoms with Gasteiger partial charge in [-0.05, 0) is 44.0 Å². The molecule has 17 heavy (non-hydrogen) atoms. The number of nitrogens with one attached hydrogen (secondary N) is 1. The molecule has 0 amide bonds. The van der Waals surface area contributed by atoms with Crippen LogP contribution in [0, 0.1) is 6.92 Å². The number of ether oxygens (including phenoxy) is 1. The lowest BCUT2D eigenvalue weighted by Gasteiger charge is -2.16. The molecule has 0 aliphatic carbocycles. The van der Waals surface area contributed by atoms with E-state index in [9.17, 15) is 0 Å². The highest BCUT2D eigenvalue weighted by molar-refractivity contribution is 5.51. The Morgan fingerprint density at radius 1 is 1.29 bits per heavy atom. The van der Waals surface area contributed by atoms with E-state index in [4.69, 9.17) is 4.74 Å². The van der Waals surface area contributed by atoms with Gasteiger partial charge in [-0.1, -0.05) is 26.2 Å². The van der Waals surface area contributed by atoms with Gasteiger partial charge in [0.2, 0.25) is 0 Å². The number of methoxy groups -OCH3 is 1. The number of hydrogen-bond acceptors (Lipinski definition) is 2. The van der Waals surface area contributed by atoms with Gasteiger partial charge in [-0.3, -0.25) is 0 Å². The van der Waals surface area contributed by atoms with Crippen molar-refractivity contribution in [3.63, 3.8) is 0 Å². The van der Waals surface area contributed by atoms with Crippen LogP contribution in [-0.2, 0) is 0 Å². The standard InChI is InChI=1S/C15H25NO/c1-5-6-7-8-13(3)16-14-9-10-15(17-4)12(2)11-14/h9-11,13,16H,5-8H2,1-4H3. The summed E-state index contributed by atoms with van der Waals surface area (Å²) in [4.78, 5) is 0. The largest absolute Gasteiger partial charge is 0.496 e. The van der Waals surface area contributed by atoms with Crippen molar-refractivity contribution in [3.05, 3.63) is 23.8 Å². The van der Waals surface area contributed by atoms with Crippen LogP contribution in [-0.4, -0.2) is 13.2 Å². The molecule has 0 aliphatic heterocycles. The van der Waals surface area contributed by atoms with Crippen LogP contribution in [0.2, 0.25) is 0 Å². The summed E-state index contributed by atoms with van der Waals surface area (Å²) in [5, 5.41) is 3.54. The maximum Gasteiger partial charge on any atom is 0.121 e. The number of unbranched alkanes of at least 4 members (excludes halogenated alkanes) is 2. The SMILES string of the molecule is CCCCCC(C)Nc1ccc(OC)c(C)c1. The van der Waals surface area contributed by atoms with E-state index in [-0.39, 0.29) is 0 Å². The molecule has 0 radical (unpaired) electrons. The van der Waals surface area contributed by atoms with Crippen molar-refractivity contribution in [1.82, 2.24) is 0 Å². The van der Waals surface area contributed by atoms with E-state index in [1.54, 1.807) is 7.11 Å². The summed E-state index contributed by atoms with van der Waals surface area (Å²) in [5.74, 6) is 0.953. The fraction of sp³-hybridized carbons (Fsp3) is 0.600. The molecule has 0 fully saturated rings. The maximum atomic E-state index is 5.26.